The highest BCUT2D eigenvalue weighted by molar-refractivity contribution is 6.13. The molecule has 2 aliphatic rings. The summed E-state index contributed by atoms with van der Waals surface area (Å²) < 4.78 is 40.4. The molecule has 1 fully saturated rings. The monoisotopic (exact) mass is 377 g/mol. The van der Waals surface area contributed by atoms with Crippen LogP contribution in [0.25, 0.3) is 0 Å². The summed E-state index contributed by atoms with van der Waals surface area (Å²) >= 11 is 0. The van der Waals surface area contributed by atoms with E-state index in [9.17, 15) is 13.2 Å². The zero-order valence-electron chi connectivity index (χ0n) is 14.9. The van der Waals surface area contributed by atoms with E-state index in [4.69, 9.17) is 11.1 Å². The zero-order valence-corrected chi connectivity index (χ0v) is 14.9. The van der Waals surface area contributed by atoms with E-state index in [0.29, 0.717) is 30.9 Å². The van der Waals surface area contributed by atoms with Crippen molar-refractivity contribution in [2.24, 2.45) is 15.7 Å². The van der Waals surface area contributed by atoms with E-state index < -0.39 is 11.7 Å². The molecular formula is C19H22F3N5. The molecule has 3 rings (SSSR count). The molecule has 0 saturated carbocycles. The van der Waals surface area contributed by atoms with Gasteiger partial charge in [0.25, 0.3) is 0 Å². The molecule has 1 aromatic carbocycles. The lowest BCUT2D eigenvalue weighted by molar-refractivity contribution is -0.138. The van der Waals surface area contributed by atoms with Crippen molar-refractivity contribution >= 4 is 17.5 Å². The Morgan fingerprint density at radius 3 is 2.85 bits per heavy atom. The minimum absolute atomic E-state index is 0.0143. The SMILES string of the molecule is C=CCCc1ccc(C2=NCC(C3CCCN3C(=N)N)=N2)cc1C(F)(F)F. The zero-order chi connectivity index (χ0) is 19.6. The first-order valence-corrected chi connectivity index (χ1v) is 8.85. The first-order valence-electron chi connectivity index (χ1n) is 8.85. The van der Waals surface area contributed by atoms with E-state index in [1.165, 1.54) is 6.07 Å². The number of aryl methyl sites for hydroxylation is 1. The first kappa shape index (κ1) is 19.1. The van der Waals surface area contributed by atoms with Gasteiger partial charge < -0.3 is 10.6 Å². The quantitative estimate of drug-likeness (QED) is 0.469. The van der Waals surface area contributed by atoms with Crippen LogP contribution in [0.3, 0.4) is 0 Å². The van der Waals surface area contributed by atoms with Crippen LogP contribution in [0, 0.1) is 5.41 Å². The molecule has 0 bridgehead atoms. The lowest BCUT2D eigenvalue weighted by Crippen LogP contribution is -2.44. The van der Waals surface area contributed by atoms with Crippen LogP contribution < -0.4 is 5.73 Å². The van der Waals surface area contributed by atoms with E-state index >= 15 is 0 Å². The van der Waals surface area contributed by atoms with Crippen LogP contribution in [-0.4, -0.2) is 41.5 Å². The second-order valence-corrected chi connectivity index (χ2v) is 6.68. The molecule has 144 valence electrons. The van der Waals surface area contributed by atoms with Crippen LogP contribution in [0.15, 0.2) is 40.8 Å². The summed E-state index contributed by atoms with van der Waals surface area (Å²) in [6.45, 7) is 4.57. The van der Waals surface area contributed by atoms with Gasteiger partial charge in [-0.2, -0.15) is 13.2 Å². The summed E-state index contributed by atoms with van der Waals surface area (Å²) in [6.07, 6.45) is -0.350. The Balaban J connectivity index is 1.87. The number of nitrogens with two attached hydrogens (primary N) is 1. The largest absolute Gasteiger partial charge is 0.416 e. The number of allylic oxidation sites excluding steroid dienone is 1. The number of hydrogen-bond donors (Lipinski definition) is 2. The van der Waals surface area contributed by atoms with E-state index in [2.05, 4.69) is 16.6 Å². The molecule has 1 atom stereocenters. The highest BCUT2D eigenvalue weighted by atomic mass is 19.4. The molecule has 0 aromatic heterocycles. The molecule has 1 unspecified atom stereocenters. The molecule has 0 aliphatic carbocycles. The number of amidine groups is 1. The van der Waals surface area contributed by atoms with E-state index in [0.717, 1.165) is 24.6 Å². The molecule has 0 radical (unpaired) electrons. The Morgan fingerprint density at radius 2 is 2.19 bits per heavy atom. The Kier molecular flexibility index (Phi) is 5.34. The smallest absolute Gasteiger partial charge is 0.370 e. The summed E-state index contributed by atoms with van der Waals surface area (Å²) in [5.74, 6) is 0.292. The van der Waals surface area contributed by atoms with Gasteiger partial charge in [-0.1, -0.05) is 18.2 Å². The molecule has 1 saturated heterocycles. The summed E-state index contributed by atoms with van der Waals surface area (Å²) in [5, 5.41) is 7.66. The number of benzene rings is 1. The molecule has 5 nitrogen and oxygen atoms in total. The molecule has 2 aliphatic heterocycles. The lowest BCUT2D eigenvalue weighted by Gasteiger charge is -2.24. The van der Waals surface area contributed by atoms with Crippen LogP contribution in [0.2, 0.25) is 0 Å². The number of likely N-dealkylation sites (tertiary alicyclic amines) is 1. The number of halogens is 3. The van der Waals surface area contributed by atoms with Crippen molar-refractivity contribution in [3.63, 3.8) is 0 Å². The predicted molar refractivity (Wildman–Crippen MR) is 100 cm³/mol. The number of rotatable bonds is 5. The Morgan fingerprint density at radius 1 is 1.41 bits per heavy atom. The number of nitrogens with zero attached hydrogens (tertiary/aromatic N) is 3. The van der Waals surface area contributed by atoms with Crippen molar-refractivity contribution in [1.82, 2.24) is 4.90 Å². The second-order valence-electron chi connectivity index (χ2n) is 6.68. The van der Waals surface area contributed by atoms with Gasteiger partial charge in [0.2, 0.25) is 0 Å². The molecule has 2 heterocycles. The van der Waals surface area contributed by atoms with Crippen molar-refractivity contribution < 1.29 is 13.2 Å². The fraction of sp³-hybridized carbons (Fsp3) is 0.421. The standard InChI is InChI=1S/C19H22F3N5/c1-2-3-5-12-7-8-13(10-14(12)19(20,21)22)17-25-11-15(26-17)16-6-4-9-27(16)18(23)24/h2,7-8,10,16H,1,3-6,9,11H2,(H3,23,24). The average Bonchev–Trinajstić information content (AvgIpc) is 3.27. The van der Waals surface area contributed by atoms with E-state index in [1.54, 1.807) is 17.0 Å². The van der Waals surface area contributed by atoms with Gasteiger partial charge in [0.05, 0.1) is 23.9 Å². The fourth-order valence-corrected chi connectivity index (χ4v) is 3.55. The van der Waals surface area contributed by atoms with Gasteiger partial charge in [0.1, 0.15) is 0 Å². The first-order chi connectivity index (χ1) is 12.8. The Hall–Kier alpha value is -2.64. The van der Waals surface area contributed by atoms with Crippen LogP contribution in [0.4, 0.5) is 13.2 Å². The summed E-state index contributed by atoms with van der Waals surface area (Å²) in [6, 6.07) is 4.16. The Bertz CT molecular complexity index is 810. The minimum atomic E-state index is -4.44. The molecule has 8 heteroatoms. The number of guanidine groups is 1. The van der Waals surface area contributed by atoms with Gasteiger partial charge >= 0.3 is 6.18 Å². The van der Waals surface area contributed by atoms with Crippen LogP contribution in [-0.2, 0) is 12.6 Å². The normalized spacial score (nSPS) is 19.8. The number of alkyl halides is 3. The number of aliphatic imine (C=N–C) groups is 2. The maximum atomic E-state index is 13.5. The molecule has 27 heavy (non-hydrogen) atoms. The summed E-state index contributed by atoms with van der Waals surface area (Å²) in [7, 11) is 0. The van der Waals surface area contributed by atoms with Gasteiger partial charge in [-0.05, 0) is 37.3 Å². The average molecular weight is 377 g/mol. The van der Waals surface area contributed by atoms with E-state index in [1.807, 2.05) is 0 Å². The van der Waals surface area contributed by atoms with Crippen molar-refractivity contribution in [2.75, 3.05) is 13.1 Å². The van der Waals surface area contributed by atoms with Crippen LogP contribution in [0.5, 0.6) is 0 Å². The third-order valence-corrected chi connectivity index (χ3v) is 4.88. The van der Waals surface area contributed by atoms with Crippen molar-refractivity contribution in [3.05, 3.63) is 47.5 Å². The number of nitrogens with one attached hydrogen (secondary N) is 1. The maximum Gasteiger partial charge on any atom is 0.416 e. The molecule has 0 amide bonds. The molecule has 1 aromatic rings. The fourth-order valence-electron chi connectivity index (χ4n) is 3.55. The third-order valence-electron chi connectivity index (χ3n) is 4.88. The van der Waals surface area contributed by atoms with Gasteiger partial charge in [-0.25, -0.2) is 4.99 Å². The highest BCUT2D eigenvalue weighted by Crippen LogP contribution is 2.34. The third kappa shape index (κ3) is 4.04. The summed E-state index contributed by atoms with van der Waals surface area (Å²) in [4.78, 5) is 10.6. The van der Waals surface area contributed by atoms with Crippen LogP contribution >= 0.6 is 0 Å². The van der Waals surface area contributed by atoms with Gasteiger partial charge in [-0.3, -0.25) is 10.4 Å². The van der Waals surface area contributed by atoms with Crippen molar-refractivity contribution in [3.8, 4) is 0 Å². The van der Waals surface area contributed by atoms with Gasteiger partial charge in [-0.15, -0.1) is 6.58 Å². The summed E-state index contributed by atoms with van der Waals surface area (Å²) in [5.41, 5.74) is 6.31. The van der Waals surface area contributed by atoms with Crippen molar-refractivity contribution in [1.29, 1.82) is 5.41 Å². The van der Waals surface area contributed by atoms with Crippen LogP contribution in [0.1, 0.15) is 36.0 Å². The topological polar surface area (TPSA) is 77.8 Å². The van der Waals surface area contributed by atoms with Gasteiger partial charge in [0, 0.05) is 12.1 Å². The second kappa shape index (κ2) is 7.54. The lowest BCUT2D eigenvalue weighted by atomic mass is 9.99. The molecule has 3 N–H and O–H groups in total. The minimum Gasteiger partial charge on any atom is -0.370 e. The van der Waals surface area contributed by atoms with Crippen molar-refractivity contribution in [2.45, 2.75) is 37.9 Å². The molecular weight excluding hydrogens is 355 g/mol. The maximum absolute atomic E-state index is 13.5. The van der Waals surface area contributed by atoms with Gasteiger partial charge in [0.15, 0.2) is 11.8 Å². The highest BCUT2D eigenvalue weighted by Gasteiger charge is 2.35. The van der Waals surface area contributed by atoms with E-state index in [-0.39, 0.29) is 24.0 Å². The number of hydrogen-bond acceptors (Lipinski definition) is 3. The predicted octanol–water partition coefficient (Wildman–Crippen LogP) is 3.38. The molecule has 0 spiro atoms. The Labute approximate surface area is 156 Å².